The van der Waals surface area contributed by atoms with E-state index in [1.807, 2.05) is 36.5 Å². The molecule has 1 aliphatic rings. The number of nitriles is 1. The second-order valence-electron chi connectivity index (χ2n) is 8.26. The minimum Gasteiger partial charge on any atom is -0.354 e. The first kappa shape index (κ1) is 22.8. The summed E-state index contributed by atoms with van der Waals surface area (Å²) in [7, 11) is 3.12. The fourth-order valence-electron chi connectivity index (χ4n) is 4.46. The Morgan fingerprint density at radius 2 is 2.00 bits per heavy atom. The van der Waals surface area contributed by atoms with E-state index in [1.165, 1.54) is 12.2 Å². The molecule has 0 bridgehead atoms. The first-order valence-corrected chi connectivity index (χ1v) is 11.3. The van der Waals surface area contributed by atoms with E-state index in [1.54, 1.807) is 13.2 Å². The van der Waals surface area contributed by atoms with Crippen LogP contribution in [0.3, 0.4) is 0 Å². The van der Waals surface area contributed by atoms with Crippen molar-refractivity contribution in [3.8, 4) is 6.07 Å². The van der Waals surface area contributed by atoms with E-state index in [0.717, 1.165) is 68.8 Å². The van der Waals surface area contributed by atoms with Gasteiger partial charge in [0, 0.05) is 56.5 Å². The molecule has 3 heterocycles. The number of hydrogen-bond donors (Lipinski definition) is 0. The molecule has 1 aromatic carbocycles. The van der Waals surface area contributed by atoms with Crippen molar-refractivity contribution in [3.63, 3.8) is 0 Å². The van der Waals surface area contributed by atoms with Crippen LogP contribution >= 0.6 is 0 Å². The number of benzene rings is 1. The van der Waals surface area contributed by atoms with Crippen molar-refractivity contribution in [1.29, 1.82) is 5.26 Å². The highest BCUT2D eigenvalue weighted by atomic mass is 16.7. The van der Waals surface area contributed by atoms with Gasteiger partial charge in [-0.25, -0.2) is 10.0 Å². The van der Waals surface area contributed by atoms with Crippen LogP contribution in [0.4, 0.5) is 5.82 Å². The van der Waals surface area contributed by atoms with E-state index in [9.17, 15) is 10.1 Å². The molecule has 1 saturated heterocycles. The van der Waals surface area contributed by atoms with Crippen LogP contribution in [-0.4, -0.2) is 72.3 Å². The van der Waals surface area contributed by atoms with E-state index in [2.05, 4.69) is 31.5 Å². The SMILES string of the molecule is CON(C)C(=O)c1cn(CCCN2CCCN(c3ncccc3C#N)CC2)c2ccccc12. The van der Waals surface area contributed by atoms with Gasteiger partial charge in [-0.1, -0.05) is 18.2 Å². The Kier molecular flexibility index (Phi) is 7.23. The second kappa shape index (κ2) is 10.5. The van der Waals surface area contributed by atoms with Gasteiger partial charge in [0.1, 0.15) is 11.9 Å². The molecule has 3 aromatic rings. The molecule has 33 heavy (non-hydrogen) atoms. The molecule has 1 fully saturated rings. The minimum atomic E-state index is -0.147. The monoisotopic (exact) mass is 446 g/mol. The molecule has 2 aromatic heterocycles. The van der Waals surface area contributed by atoms with E-state index >= 15 is 0 Å². The summed E-state index contributed by atoms with van der Waals surface area (Å²) in [5, 5.41) is 11.6. The smallest absolute Gasteiger partial charge is 0.279 e. The first-order chi connectivity index (χ1) is 16.1. The van der Waals surface area contributed by atoms with Gasteiger partial charge in [-0.15, -0.1) is 0 Å². The Hall–Kier alpha value is -3.41. The van der Waals surface area contributed by atoms with Crippen LogP contribution < -0.4 is 4.90 Å². The molecular formula is C25H30N6O2. The molecule has 8 nitrogen and oxygen atoms in total. The lowest BCUT2D eigenvalue weighted by Gasteiger charge is -2.23. The van der Waals surface area contributed by atoms with Gasteiger partial charge in [0.15, 0.2) is 0 Å². The molecule has 0 N–H and O–H groups in total. The van der Waals surface area contributed by atoms with E-state index in [4.69, 9.17) is 4.84 Å². The van der Waals surface area contributed by atoms with Crippen molar-refractivity contribution in [2.45, 2.75) is 19.4 Å². The van der Waals surface area contributed by atoms with Gasteiger partial charge >= 0.3 is 0 Å². The summed E-state index contributed by atoms with van der Waals surface area (Å²) in [5.74, 6) is 0.644. The van der Waals surface area contributed by atoms with E-state index in [-0.39, 0.29) is 5.91 Å². The molecule has 4 rings (SSSR count). The Balaban J connectivity index is 1.38. The van der Waals surface area contributed by atoms with Crippen LogP contribution in [0.2, 0.25) is 0 Å². The summed E-state index contributed by atoms with van der Waals surface area (Å²) in [5.41, 5.74) is 2.35. The molecule has 1 aliphatic heterocycles. The standard InChI is InChI=1S/C25H30N6O2/c1-28(33-2)25(32)22-19-31(23-10-4-3-9-21(22)23)15-7-13-29-12-6-14-30(17-16-29)24-20(18-26)8-5-11-27-24/h3-5,8-11,19H,6-7,12-17H2,1-2H3. The molecule has 0 saturated carbocycles. The molecule has 172 valence electrons. The molecule has 0 unspecified atom stereocenters. The van der Waals surface area contributed by atoms with Gasteiger partial charge in [0.05, 0.1) is 18.2 Å². The number of anilines is 1. The lowest BCUT2D eigenvalue weighted by Crippen LogP contribution is -2.32. The van der Waals surface area contributed by atoms with Crippen LogP contribution in [0.5, 0.6) is 0 Å². The zero-order valence-electron chi connectivity index (χ0n) is 19.3. The third-order valence-electron chi connectivity index (χ3n) is 6.25. The normalized spacial score (nSPS) is 14.8. The maximum Gasteiger partial charge on any atom is 0.279 e. The van der Waals surface area contributed by atoms with E-state index < -0.39 is 0 Å². The van der Waals surface area contributed by atoms with Crippen LogP contribution in [-0.2, 0) is 11.4 Å². The van der Waals surface area contributed by atoms with Crippen LogP contribution in [0.15, 0.2) is 48.8 Å². The maximum absolute atomic E-state index is 12.7. The second-order valence-corrected chi connectivity index (χ2v) is 8.26. The summed E-state index contributed by atoms with van der Waals surface area (Å²) in [6.45, 7) is 5.55. The third kappa shape index (κ3) is 5.00. The predicted octanol–water partition coefficient (Wildman–Crippen LogP) is 3.14. The van der Waals surface area contributed by atoms with Crippen molar-refractivity contribution in [2.24, 2.45) is 0 Å². The van der Waals surface area contributed by atoms with Crippen molar-refractivity contribution >= 4 is 22.6 Å². The Morgan fingerprint density at radius 3 is 2.82 bits per heavy atom. The Morgan fingerprint density at radius 1 is 1.15 bits per heavy atom. The lowest BCUT2D eigenvalue weighted by atomic mass is 10.1. The Bertz CT molecular complexity index is 1150. The summed E-state index contributed by atoms with van der Waals surface area (Å²) in [6.07, 6.45) is 5.72. The van der Waals surface area contributed by atoms with Crippen molar-refractivity contribution in [1.82, 2.24) is 19.5 Å². The highest BCUT2D eigenvalue weighted by Gasteiger charge is 2.20. The largest absolute Gasteiger partial charge is 0.354 e. The molecule has 0 spiro atoms. The van der Waals surface area contributed by atoms with Gasteiger partial charge in [-0.2, -0.15) is 5.26 Å². The molecule has 0 radical (unpaired) electrons. The average Bonchev–Trinajstić information content (AvgIpc) is 3.06. The highest BCUT2D eigenvalue weighted by molar-refractivity contribution is 6.06. The number of amides is 1. The quantitative estimate of drug-likeness (QED) is 0.519. The fourth-order valence-corrected chi connectivity index (χ4v) is 4.46. The van der Waals surface area contributed by atoms with Gasteiger partial charge in [-0.3, -0.25) is 9.63 Å². The highest BCUT2D eigenvalue weighted by Crippen LogP contribution is 2.23. The van der Waals surface area contributed by atoms with Crippen molar-refractivity contribution < 1.29 is 9.63 Å². The summed E-state index contributed by atoms with van der Waals surface area (Å²) in [4.78, 5) is 26.9. The van der Waals surface area contributed by atoms with Crippen molar-refractivity contribution in [3.05, 3.63) is 59.9 Å². The molecular weight excluding hydrogens is 416 g/mol. The lowest BCUT2D eigenvalue weighted by molar-refractivity contribution is -0.0755. The maximum atomic E-state index is 12.7. The molecule has 0 atom stereocenters. The van der Waals surface area contributed by atoms with Crippen LogP contribution in [0.1, 0.15) is 28.8 Å². The summed E-state index contributed by atoms with van der Waals surface area (Å²) >= 11 is 0. The molecule has 0 aliphatic carbocycles. The molecule has 8 heteroatoms. The topological polar surface area (TPSA) is 77.6 Å². The zero-order valence-corrected chi connectivity index (χ0v) is 19.3. The number of hydrogen-bond acceptors (Lipinski definition) is 6. The van der Waals surface area contributed by atoms with Crippen LogP contribution in [0.25, 0.3) is 10.9 Å². The van der Waals surface area contributed by atoms with E-state index in [0.29, 0.717) is 11.1 Å². The first-order valence-electron chi connectivity index (χ1n) is 11.3. The number of para-hydroxylation sites is 1. The number of nitrogens with zero attached hydrogens (tertiary/aromatic N) is 6. The van der Waals surface area contributed by atoms with Gasteiger partial charge in [-0.05, 0) is 44.1 Å². The average molecular weight is 447 g/mol. The van der Waals surface area contributed by atoms with Gasteiger partial charge < -0.3 is 14.4 Å². The van der Waals surface area contributed by atoms with Crippen LogP contribution in [0, 0.1) is 11.3 Å². The molecule has 1 amide bonds. The number of carbonyl (C=O) groups is 1. The number of hydroxylamine groups is 2. The van der Waals surface area contributed by atoms with Crippen molar-refractivity contribution in [2.75, 3.05) is 51.8 Å². The number of rotatable bonds is 7. The number of aromatic nitrogens is 2. The number of carbonyl (C=O) groups excluding carboxylic acids is 1. The minimum absolute atomic E-state index is 0.147. The summed E-state index contributed by atoms with van der Waals surface area (Å²) < 4.78 is 2.17. The van der Waals surface area contributed by atoms with Gasteiger partial charge in [0.2, 0.25) is 0 Å². The third-order valence-corrected chi connectivity index (χ3v) is 6.25. The summed E-state index contributed by atoms with van der Waals surface area (Å²) in [6, 6.07) is 13.9. The predicted molar refractivity (Wildman–Crippen MR) is 128 cm³/mol. The number of pyridine rings is 1. The number of aryl methyl sites for hydroxylation is 1. The fraction of sp³-hybridized carbons (Fsp3) is 0.400. The number of fused-ring (bicyclic) bond motifs is 1. The van der Waals surface area contributed by atoms with Gasteiger partial charge in [0.25, 0.3) is 5.91 Å². The Labute approximate surface area is 194 Å². The zero-order chi connectivity index (χ0) is 23.2.